The van der Waals surface area contributed by atoms with E-state index < -0.39 is 11.8 Å². The molecular formula is C21H31FO3. The molecule has 5 aliphatic rings. The number of hydrogen-bond donors (Lipinski definition) is 2. The van der Waals surface area contributed by atoms with Gasteiger partial charge in [0.2, 0.25) is 0 Å². The summed E-state index contributed by atoms with van der Waals surface area (Å²) in [5.74, 6) is 2.88. The smallest absolute Gasteiger partial charge is 0.161 e. The van der Waals surface area contributed by atoms with Crippen molar-refractivity contribution in [3.63, 3.8) is 0 Å². The van der Waals surface area contributed by atoms with Gasteiger partial charge in [-0.15, -0.1) is 0 Å². The Kier molecular flexibility index (Phi) is 3.52. The van der Waals surface area contributed by atoms with E-state index in [-0.39, 0.29) is 29.6 Å². The van der Waals surface area contributed by atoms with Gasteiger partial charge in [0.15, 0.2) is 5.78 Å². The van der Waals surface area contributed by atoms with Crippen molar-refractivity contribution in [3.8, 4) is 0 Å². The van der Waals surface area contributed by atoms with E-state index in [9.17, 15) is 19.4 Å². The molecule has 25 heavy (non-hydrogen) atoms. The molecule has 0 aliphatic heterocycles. The maximum Gasteiger partial charge on any atom is 0.161 e. The molecule has 10 atom stereocenters. The van der Waals surface area contributed by atoms with E-state index in [1.54, 1.807) is 0 Å². The summed E-state index contributed by atoms with van der Waals surface area (Å²) in [7, 11) is 0. The molecule has 5 aliphatic carbocycles. The molecule has 0 spiro atoms. The van der Waals surface area contributed by atoms with Gasteiger partial charge in [-0.2, -0.15) is 0 Å². The third kappa shape index (κ3) is 2.02. The van der Waals surface area contributed by atoms with Gasteiger partial charge in [-0.3, -0.25) is 4.79 Å². The second kappa shape index (κ2) is 5.28. The minimum Gasteiger partial charge on any atom is -0.389 e. The Morgan fingerprint density at radius 2 is 1.68 bits per heavy atom. The number of halogens is 1. The van der Waals surface area contributed by atoms with Crippen LogP contribution in [0, 0.1) is 46.8 Å². The highest BCUT2D eigenvalue weighted by atomic mass is 19.1. The lowest BCUT2D eigenvalue weighted by molar-refractivity contribution is -0.133. The zero-order valence-corrected chi connectivity index (χ0v) is 15.2. The number of carbonyl (C=O) groups is 1. The van der Waals surface area contributed by atoms with Crippen LogP contribution in [0.15, 0.2) is 0 Å². The molecule has 5 rings (SSSR count). The molecule has 0 heterocycles. The fourth-order valence-electron chi connectivity index (χ4n) is 8.39. The van der Waals surface area contributed by atoms with Gasteiger partial charge in [0.05, 0.1) is 0 Å². The monoisotopic (exact) mass is 350 g/mol. The maximum atomic E-state index is 14.2. The van der Waals surface area contributed by atoms with Gasteiger partial charge in [-0.25, -0.2) is 4.39 Å². The molecule has 3 nitrogen and oxygen atoms in total. The van der Waals surface area contributed by atoms with Gasteiger partial charge in [0.1, 0.15) is 18.4 Å². The van der Waals surface area contributed by atoms with Crippen LogP contribution in [0.25, 0.3) is 0 Å². The molecule has 2 unspecified atom stereocenters. The van der Waals surface area contributed by atoms with Gasteiger partial charge in [0, 0.05) is 11.8 Å². The zero-order valence-electron chi connectivity index (χ0n) is 15.2. The first kappa shape index (κ1) is 16.7. The minimum atomic E-state index is -0.983. The van der Waals surface area contributed by atoms with Gasteiger partial charge in [-0.05, 0) is 86.4 Å². The summed E-state index contributed by atoms with van der Waals surface area (Å²) in [5, 5.41) is 19.8. The predicted octanol–water partition coefficient (Wildman–Crippen LogP) is 3.13. The van der Waals surface area contributed by atoms with Crippen molar-refractivity contribution in [2.45, 2.75) is 70.1 Å². The lowest BCUT2D eigenvalue weighted by atomic mass is 9.49. The first-order chi connectivity index (χ1) is 11.9. The van der Waals surface area contributed by atoms with Gasteiger partial charge in [0.25, 0.3) is 0 Å². The van der Waals surface area contributed by atoms with E-state index >= 15 is 0 Å². The molecule has 4 heteroatoms. The summed E-state index contributed by atoms with van der Waals surface area (Å²) in [6.07, 6.45) is 7.14. The Labute approximate surface area is 149 Å². The van der Waals surface area contributed by atoms with E-state index in [4.69, 9.17) is 0 Å². The zero-order chi connectivity index (χ0) is 17.6. The second-order valence-electron chi connectivity index (χ2n) is 10.1. The van der Waals surface area contributed by atoms with Crippen molar-refractivity contribution in [1.29, 1.82) is 0 Å². The highest BCUT2D eigenvalue weighted by Crippen LogP contribution is 2.69. The van der Waals surface area contributed by atoms with E-state index in [0.717, 1.165) is 44.9 Å². The third-order valence-electron chi connectivity index (χ3n) is 9.57. The highest BCUT2D eigenvalue weighted by molar-refractivity contribution is 5.83. The number of aliphatic hydroxyl groups excluding tert-OH is 1. The van der Waals surface area contributed by atoms with Crippen LogP contribution >= 0.6 is 0 Å². The van der Waals surface area contributed by atoms with Crippen LogP contribution in [-0.4, -0.2) is 34.4 Å². The Balaban J connectivity index is 1.39. The number of ketones is 1. The number of alkyl halides is 1. The molecule has 0 saturated heterocycles. The van der Waals surface area contributed by atoms with Crippen molar-refractivity contribution in [1.82, 2.24) is 0 Å². The Morgan fingerprint density at radius 3 is 2.44 bits per heavy atom. The SMILES string of the molecule is C[C@]12CC[C@@H]3[C@H]4CC[C@]5(O)C(F)C5[C@@H]4CC[C@H]3[C@@H]1CC[C@@H]2C(=O)CO. The van der Waals surface area contributed by atoms with Crippen LogP contribution in [0.5, 0.6) is 0 Å². The van der Waals surface area contributed by atoms with Crippen LogP contribution in [0.1, 0.15) is 58.3 Å². The number of aliphatic hydroxyl groups is 2. The molecule has 5 fully saturated rings. The molecule has 5 saturated carbocycles. The number of hydrogen-bond acceptors (Lipinski definition) is 3. The molecule has 2 N–H and O–H groups in total. The molecule has 0 aromatic carbocycles. The van der Waals surface area contributed by atoms with E-state index in [0.29, 0.717) is 36.0 Å². The molecule has 0 bridgehead atoms. The average Bonchev–Trinajstić information content (AvgIpc) is 2.98. The third-order valence-corrected chi connectivity index (χ3v) is 9.57. The van der Waals surface area contributed by atoms with Crippen LogP contribution in [0.3, 0.4) is 0 Å². The Morgan fingerprint density at radius 1 is 1.00 bits per heavy atom. The first-order valence-electron chi connectivity index (χ1n) is 10.4. The lowest BCUT2D eigenvalue weighted by Crippen LogP contribution is -2.50. The maximum absolute atomic E-state index is 14.2. The van der Waals surface area contributed by atoms with Crippen molar-refractivity contribution in [2.75, 3.05) is 6.61 Å². The van der Waals surface area contributed by atoms with Gasteiger partial charge in [-0.1, -0.05) is 6.92 Å². The lowest BCUT2D eigenvalue weighted by Gasteiger charge is -2.55. The number of fused-ring (bicyclic) bond motifs is 7. The van der Waals surface area contributed by atoms with Crippen LogP contribution in [0.4, 0.5) is 4.39 Å². The van der Waals surface area contributed by atoms with E-state index in [1.165, 1.54) is 0 Å². The first-order valence-corrected chi connectivity index (χ1v) is 10.4. The average molecular weight is 350 g/mol. The molecular weight excluding hydrogens is 319 g/mol. The van der Waals surface area contributed by atoms with Crippen LogP contribution in [0.2, 0.25) is 0 Å². The van der Waals surface area contributed by atoms with E-state index in [2.05, 4.69) is 6.92 Å². The van der Waals surface area contributed by atoms with Crippen molar-refractivity contribution < 1.29 is 19.4 Å². The predicted molar refractivity (Wildman–Crippen MR) is 91.4 cm³/mol. The van der Waals surface area contributed by atoms with Crippen LogP contribution < -0.4 is 0 Å². The minimum absolute atomic E-state index is 0.0382. The summed E-state index contributed by atoms with van der Waals surface area (Å²) in [5.41, 5.74) is -0.922. The summed E-state index contributed by atoms with van der Waals surface area (Å²) in [6.45, 7) is 1.98. The molecule has 0 radical (unpaired) electrons. The normalized spacial score (nSPS) is 59.4. The Bertz CT molecular complexity index is 594. The molecule has 140 valence electrons. The van der Waals surface area contributed by atoms with Crippen molar-refractivity contribution >= 4 is 5.78 Å². The second-order valence-corrected chi connectivity index (χ2v) is 10.1. The molecule has 0 aromatic heterocycles. The fourth-order valence-corrected chi connectivity index (χ4v) is 8.39. The quantitative estimate of drug-likeness (QED) is 0.804. The summed E-state index contributed by atoms with van der Waals surface area (Å²) in [4.78, 5) is 12.3. The fraction of sp³-hybridized carbons (Fsp3) is 0.952. The van der Waals surface area contributed by atoms with Gasteiger partial charge >= 0.3 is 0 Å². The molecule has 0 aromatic rings. The number of rotatable bonds is 2. The van der Waals surface area contributed by atoms with Crippen LogP contribution in [-0.2, 0) is 4.79 Å². The van der Waals surface area contributed by atoms with Gasteiger partial charge < -0.3 is 10.2 Å². The number of carbonyl (C=O) groups excluding carboxylic acids is 1. The number of Topliss-reactive ketones (excluding diaryl/α,β-unsaturated/α-hetero) is 1. The summed E-state index contributed by atoms with van der Waals surface area (Å²) in [6, 6.07) is 0. The Hall–Kier alpha value is -0.480. The summed E-state index contributed by atoms with van der Waals surface area (Å²) < 4.78 is 14.2. The van der Waals surface area contributed by atoms with Crippen molar-refractivity contribution in [3.05, 3.63) is 0 Å². The standard InChI is InChI=1S/C21H31FO3/c1-20-8-6-11-12-7-9-21(25)18(19(21)22)14(12)3-2-13(11)15(20)4-5-16(20)17(24)10-23/h11-16,18-19,23,25H,2-10H2,1H3/t11-,12-,13-,14-,15+,16-,18?,19?,20+,21-/m1/s1. The summed E-state index contributed by atoms with van der Waals surface area (Å²) >= 11 is 0. The highest BCUT2D eigenvalue weighted by Gasteiger charge is 2.72. The molecule has 0 amide bonds. The topological polar surface area (TPSA) is 57.5 Å². The van der Waals surface area contributed by atoms with Crippen molar-refractivity contribution in [2.24, 2.45) is 46.8 Å². The largest absolute Gasteiger partial charge is 0.389 e. The van der Waals surface area contributed by atoms with E-state index in [1.807, 2.05) is 0 Å².